The van der Waals surface area contributed by atoms with Gasteiger partial charge < -0.3 is 10.8 Å². The van der Waals surface area contributed by atoms with Crippen LogP contribution in [0.1, 0.15) is 37.3 Å². The summed E-state index contributed by atoms with van der Waals surface area (Å²) >= 11 is 0. The van der Waals surface area contributed by atoms with Crippen molar-refractivity contribution in [2.45, 2.75) is 32.7 Å². The first-order chi connectivity index (χ1) is 10.2. The number of aliphatic hydroxyl groups is 1. The highest BCUT2D eigenvalue weighted by atomic mass is 16.2. The Labute approximate surface area is 127 Å². The maximum Gasteiger partial charge on any atom is 0.231 e. The fraction of sp³-hybridized carbons (Fsp3) is 0.471. The zero-order valence-corrected chi connectivity index (χ0v) is 12.6. The number of rotatable bonds is 8. The van der Waals surface area contributed by atoms with Crippen LogP contribution < -0.4 is 5.73 Å². The van der Waals surface area contributed by atoms with Crippen molar-refractivity contribution in [1.82, 2.24) is 4.90 Å². The smallest absolute Gasteiger partial charge is 0.231 e. The van der Waals surface area contributed by atoms with E-state index in [9.17, 15) is 4.79 Å². The molecule has 4 nitrogen and oxygen atoms in total. The number of hydrogen-bond acceptors (Lipinski definition) is 3. The van der Waals surface area contributed by atoms with Crippen molar-refractivity contribution in [1.29, 1.82) is 0 Å². The first-order valence-corrected chi connectivity index (χ1v) is 7.35. The molecule has 0 aliphatic rings. The van der Waals surface area contributed by atoms with Gasteiger partial charge in [-0.3, -0.25) is 9.69 Å². The minimum Gasteiger partial charge on any atom is -0.395 e. The predicted molar refractivity (Wildman–Crippen MR) is 84.4 cm³/mol. The lowest BCUT2D eigenvalue weighted by Gasteiger charge is -2.20. The van der Waals surface area contributed by atoms with E-state index in [0.717, 1.165) is 30.5 Å². The van der Waals surface area contributed by atoms with E-state index in [4.69, 9.17) is 10.8 Å². The molecular weight excluding hydrogens is 264 g/mol. The zero-order valence-electron chi connectivity index (χ0n) is 12.6. The van der Waals surface area contributed by atoms with Gasteiger partial charge in [-0.25, -0.2) is 0 Å². The van der Waals surface area contributed by atoms with E-state index in [-0.39, 0.29) is 19.1 Å². The molecule has 1 amide bonds. The first-order valence-electron chi connectivity index (χ1n) is 7.35. The van der Waals surface area contributed by atoms with Crippen LogP contribution in [0.25, 0.3) is 0 Å². The van der Waals surface area contributed by atoms with Gasteiger partial charge in [-0.2, -0.15) is 0 Å². The van der Waals surface area contributed by atoms with Crippen LogP contribution in [0.15, 0.2) is 24.3 Å². The Balaban J connectivity index is 2.62. The molecule has 1 aromatic carbocycles. The molecule has 0 heterocycles. The van der Waals surface area contributed by atoms with Gasteiger partial charge in [0.25, 0.3) is 0 Å². The number of hydrogen-bond donors (Lipinski definition) is 2. The molecule has 0 saturated carbocycles. The Morgan fingerprint density at radius 2 is 2.05 bits per heavy atom. The van der Waals surface area contributed by atoms with Crippen LogP contribution in [0.5, 0.6) is 0 Å². The summed E-state index contributed by atoms with van der Waals surface area (Å²) in [6.45, 7) is 4.09. The number of benzene rings is 1. The average molecular weight is 288 g/mol. The second kappa shape index (κ2) is 9.98. The fourth-order valence-corrected chi connectivity index (χ4v) is 1.99. The number of unbranched alkanes of at least 4 members (excludes halogenated alkanes) is 1. The van der Waals surface area contributed by atoms with Gasteiger partial charge in [0.2, 0.25) is 5.91 Å². The molecular formula is C17H24N2O2. The van der Waals surface area contributed by atoms with E-state index in [1.807, 2.05) is 24.3 Å². The monoisotopic (exact) mass is 288 g/mol. The topological polar surface area (TPSA) is 66.6 Å². The van der Waals surface area contributed by atoms with Gasteiger partial charge in [0.1, 0.15) is 0 Å². The van der Waals surface area contributed by atoms with Crippen molar-refractivity contribution in [2.75, 3.05) is 19.7 Å². The van der Waals surface area contributed by atoms with E-state index in [2.05, 4.69) is 23.7 Å². The van der Waals surface area contributed by atoms with Gasteiger partial charge in [-0.15, -0.1) is 0 Å². The lowest BCUT2D eigenvalue weighted by atomic mass is 10.1. The van der Waals surface area contributed by atoms with Crippen LogP contribution in [-0.2, 0) is 11.3 Å². The standard InChI is InChI=1S/C17H24N2O2/c1-2-3-11-19(14-17(18)21)13-16-9-7-15(8-10-16)6-4-5-12-20/h7-10,20H,2-3,5,11-14H2,1H3,(H2,18,21). The van der Waals surface area contributed by atoms with Crippen molar-refractivity contribution in [3.05, 3.63) is 35.4 Å². The van der Waals surface area contributed by atoms with Crippen molar-refractivity contribution in [2.24, 2.45) is 5.73 Å². The molecule has 4 heteroatoms. The predicted octanol–water partition coefficient (Wildman–Crippen LogP) is 1.51. The van der Waals surface area contributed by atoms with E-state index in [1.165, 1.54) is 0 Å². The highest BCUT2D eigenvalue weighted by Gasteiger charge is 2.08. The number of nitrogens with zero attached hydrogens (tertiary/aromatic N) is 1. The van der Waals surface area contributed by atoms with Gasteiger partial charge in [0.05, 0.1) is 13.2 Å². The van der Waals surface area contributed by atoms with Crippen molar-refractivity contribution >= 4 is 5.91 Å². The third-order valence-electron chi connectivity index (χ3n) is 3.04. The van der Waals surface area contributed by atoms with Crippen LogP contribution in [0, 0.1) is 11.8 Å². The van der Waals surface area contributed by atoms with Crippen LogP contribution in [0.2, 0.25) is 0 Å². The SMILES string of the molecule is CCCCN(CC(N)=O)Cc1ccc(C#CCCO)cc1. The largest absolute Gasteiger partial charge is 0.395 e. The average Bonchev–Trinajstić information content (AvgIpc) is 2.46. The number of amides is 1. The summed E-state index contributed by atoms with van der Waals surface area (Å²) in [6, 6.07) is 7.95. The number of primary amides is 1. The summed E-state index contributed by atoms with van der Waals surface area (Å²) in [4.78, 5) is 13.2. The number of carbonyl (C=O) groups is 1. The summed E-state index contributed by atoms with van der Waals surface area (Å²) < 4.78 is 0. The Kier molecular flexibility index (Phi) is 8.18. The number of carbonyl (C=O) groups excluding carboxylic acids is 1. The third kappa shape index (κ3) is 7.50. The minimum absolute atomic E-state index is 0.0879. The second-order valence-electron chi connectivity index (χ2n) is 5.00. The minimum atomic E-state index is -0.294. The van der Waals surface area contributed by atoms with Gasteiger partial charge >= 0.3 is 0 Å². The summed E-state index contributed by atoms with van der Waals surface area (Å²) in [7, 11) is 0. The molecule has 0 atom stereocenters. The lowest BCUT2D eigenvalue weighted by Crippen LogP contribution is -2.34. The highest BCUT2D eigenvalue weighted by Crippen LogP contribution is 2.08. The normalized spacial score (nSPS) is 10.2. The maximum atomic E-state index is 11.1. The molecule has 0 aliphatic heterocycles. The Hall–Kier alpha value is -1.83. The van der Waals surface area contributed by atoms with Crippen molar-refractivity contribution in [3.8, 4) is 11.8 Å². The van der Waals surface area contributed by atoms with Crippen LogP contribution >= 0.6 is 0 Å². The lowest BCUT2D eigenvalue weighted by molar-refractivity contribution is -0.119. The molecule has 0 aromatic heterocycles. The molecule has 0 spiro atoms. The molecule has 114 valence electrons. The quantitative estimate of drug-likeness (QED) is 0.713. The Morgan fingerprint density at radius 1 is 1.33 bits per heavy atom. The van der Waals surface area contributed by atoms with E-state index >= 15 is 0 Å². The fourth-order valence-electron chi connectivity index (χ4n) is 1.99. The van der Waals surface area contributed by atoms with Crippen molar-refractivity contribution < 1.29 is 9.90 Å². The molecule has 3 N–H and O–H groups in total. The Bertz CT molecular complexity index is 486. The Morgan fingerprint density at radius 3 is 2.62 bits per heavy atom. The van der Waals surface area contributed by atoms with E-state index in [0.29, 0.717) is 13.0 Å². The summed E-state index contributed by atoms with van der Waals surface area (Å²) in [5.41, 5.74) is 7.36. The molecule has 0 unspecified atom stereocenters. The van der Waals surface area contributed by atoms with Crippen molar-refractivity contribution in [3.63, 3.8) is 0 Å². The van der Waals surface area contributed by atoms with Crippen LogP contribution in [0.3, 0.4) is 0 Å². The summed E-state index contributed by atoms with van der Waals surface area (Å²) in [5, 5.41) is 8.68. The second-order valence-corrected chi connectivity index (χ2v) is 5.00. The van der Waals surface area contributed by atoms with Gasteiger partial charge in [-0.05, 0) is 30.7 Å². The van der Waals surface area contributed by atoms with Crippen LogP contribution in [-0.4, -0.2) is 35.6 Å². The van der Waals surface area contributed by atoms with Gasteiger partial charge in [0, 0.05) is 18.5 Å². The molecule has 1 aromatic rings. The van der Waals surface area contributed by atoms with E-state index in [1.54, 1.807) is 0 Å². The molecule has 0 fully saturated rings. The number of aliphatic hydroxyl groups excluding tert-OH is 1. The zero-order chi connectivity index (χ0) is 15.5. The molecule has 0 aliphatic carbocycles. The highest BCUT2D eigenvalue weighted by molar-refractivity contribution is 5.75. The maximum absolute atomic E-state index is 11.1. The van der Waals surface area contributed by atoms with E-state index < -0.39 is 0 Å². The number of nitrogens with two attached hydrogens (primary N) is 1. The van der Waals surface area contributed by atoms with Gasteiger partial charge in [0.15, 0.2) is 0 Å². The van der Waals surface area contributed by atoms with Crippen LogP contribution in [0.4, 0.5) is 0 Å². The summed E-state index contributed by atoms with van der Waals surface area (Å²) in [6.07, 6.45) is 2.64. The molecule has 0 saturated heterocycles. The first kappa shape index (κ1) is 17.2. The molecule has 0 bridgehead atoms. The molecule has 0 radical (unpaired) electrons. The third-order valence-corrected chi connectivity index (χ3v) is 3.04. The molecule has 1 rings (SSSR count). The molecule has 21 heavy (non-hydrogen) atoms. The summed E-state index contributed by atoms with van der Waals surface area (Å²) in [5.74, 6) is 5.59. The van der Waals surface area contributed by atoms with Gasteiger partial charge in [-0.1, -0.05) is 37.3 Å².